The minimum Gasteiger partial charge on any atom is -0.480 e. The van der Waals surface area contributed by atoms with Crippen LogP contribution in [0.2, 0.25) is 0 Å². The minimum atomic E-state index is -1.02. The standard InChI is InChI=1S/C13H26N2O4/c1-9(2)10(3)15(4)13(18)14-11(12(16)17)7-6-8-19-5/h9-11H,6-8H2,1-5H3,(H,14,18)(H,16,17). The molecule has 0 spiro atoms. The smallest absolute Gasteiger partial charge is 0.326 e. The van der Waals surface area contributed by atoms with Crippen LogP contribution in [0.15, 0.2) is 0 Å². The first-order valence-electron chi connectivity index (χ1n) is 6.56. The fourth-order valence-corrected chi connectivity index (χ4v) is 1.57. The number of urea groups is 1. The first-order valence-corrected chi connectivity index (χ1v) is 6.56. The Morgan fingerprint density at radius 3 is 2.32 bits per heavy atom. The topological polar surface area (TPSA) is 78.9 Å². The van der Waals surface area contributed by atoms with Gasteiger partial charge in [0.1, 0.15) is 6.04 Å². The molecule has 6 heteroatoms. The molecule has 2 amide bonds. The van der Waals surface area contributed by atoms with Crippen LogP contribution in [0.5, 0.6) is 0 Å². The van der Waals surface area contributed by atoms with Crippen molar-refractivity contribution in [3.05, 3.63) is 0 Å². The maximum Gasteiger partial charge on any atom is 0.326 e. The lowest BCUT2D eigenvalue weighted by atomic mass is 10.1. The molecule has 0 heterocycles. The molecule has 0 aromatic carbocycles. The van der Waals surface area contributed by atoms with Gasteiger partial charge in [0.25, 0.3) is 0 Å². The molecule has 0 saturated carbocycles. The van der Waals surface area contributed by atoms with Gasteiger partial charge in [-0.2, -0.15) is 0 Å². The second-order valence-electron chi connectivity index (χ2n) is 5.07. The Bertz CT molecular complexity index is 294. The van der Waals surface area contributed by atoms with Crippen LogP contribution >= 0.6 is 0 Å². The molecule has 6 nitrogen and oxygen atoms in total. The van der Waals surface area contributed by atoms with E-state index in [2.05, 4.69) is 5.32 Å². The first-order chi connectivity index (χ1) is 8.81. The molecule has 112 valence electrons. The summed E-state index contributed by atoms with van der Waals surface area (Å²) in [5, 5.41) is 11.6. The van der Waals surface area contributed by atoms with Crippen LogP contribution in [0, 0.1) is 5.92 Å². The van der Waals surface area contributed by atoms with Crippen molar-refractivity contribution in [3.63, 3.8) is 0 Å². The summed E-state index contributed by atoms with van der Waals surface area (Å²) in [5.74, 6) is -0.706. The Balaban J connectivity index is 4.42. The number of rotatable bonds is 8. The number of nitrogens with zero attached hydrogens (tertiary/aromatic N) is 1. The van der Waals surface area contributed by atoms with Gasteiger partial charge in [-0.15, -0.1) is 0 Å². The van der Waals surface area contributed by atoms with Crippen LogP contribution in [0.25, 0.3) is 0 Å². The predicted molar refractivity (Wildman–Crippen MR) is 73.1 cm³/mol. The Kier molecular flexibility index (Phi) is 8.14. The zero-order valence-corrected chi connectivity index (χ0v) is 12.5. The molecule has 0 fully saturated rings. The van der Waals surface area contributed by atoms with Crippen LogP contribution in [0.4, 0.5) is 4.79 Å². The average Bonchev–Trinajstić information content (AvgIpc) is 2.35. The summed E-state index contributed by atoms with van der Waals surface area (Å²) < 4.78 is 4.88. The molecular formula is C13H26N2O4. The molecule has 0 aliphatic carbocycles. The number of hydrogen-bond donors (Lipinski definition) is 2. The molecule has 0 aliphatic rings. The molecule has 2 atom stereocenters. The summed E-state index contributed by atoms with van der Waals surface area (Å²) in [6.07, 6.45) is 0.954. The SMILES string of the molecule is COCCCC(NC(=O)N(C)C(C)C(C)C)C(=O)O. The summed E-state index contributed by atoms with van der Waals surface area (Å²) in [6.45, 7) is 6.45. The average molecular weight is 274 g/mol. The number of nitrogens with one attached hydrogen (secondary N) is 1. The number of aliphatic carboxylic acids is 1. The van der Waals surface area contributed by atoms with Crippen molar-refractivity contribution in [2.45, 2.75) is 45.7 Å². The van der Waals surface area contributed by atoms with Crippen molar-refractivity contribution in [1.29, 1.82) is 0 Å². The zero-order valence-electron chi connectivity index (χ0n) is 12.5. The Morgan fingerprint density at radius 1 is 1.32 bits per heavy atom. The predicted octanol–water partition coefficient (Wildman–Crippen LogP) is 1.55. The zero-order chi connectivity index (χ0) is 15.0. The fourth-order valence-electron chi connectivity index (χ4n) is 1.57. The van der Waals surface area contributed by atoms with Gasteiger partial charge in [-0.05, 0) is 25.7 Å². The fraction of sp³-hybridized carbons (Fsp3) is 0.846. The van der Waals surface area contributed by atoms with Crippen LogP contribution in [-0.4, -0.2) is 54.9 Å². The second kappa shape index (κ2) is 8.74. The van der Waals surface area contributed by atoms with E-state index < -0.39 is 12.0 Å². The number of carbonyl (C=O) groups excluding carboxylic acids is 1. The molecule has 0 saturated heterocycles. The highest BCUT2D eigenvalue weighted by atomic mass is 16.5. The monoisotopic (exact) mass is 274 g/mol. The Hall–Kier alpha value is -1.30. The van der Waals surface area contributed by atoms with E-state index >= 15 is 0 Å². The van der Waals surface area contributed by atoms with Gasteiger partial charge in [-0.3, -0.25) is 0 Å². The Morgan fingerprint density at radius 2 is 1.89 bits per heavy atom. The molecule has 0 bridgehead atoms. The van der Waals surface area contributed by atoms with E-state index in [0.29, 0.717) is 25.4 Å². The first kappa shape index (κ1) is 17.7. The number of amides is 2. The van der Waals surface area contributed by atoms with Gasteiger partial charge in [0.05, 0.1) is 0 Å². The molecule has 2 unspecified atom stereocenters. The minimum absolute atomic E-state index is 0.0495. The number of hydrogen-bond acceptors (Lipinski definition) is 3. The summed E-state index contributed by atoms with van der Waals surface area (Å²) in [5.41, 5.74) is 0. The lowest BCUT2D eigenvalue weighted by molar-refractivity contribution is -0.139. The van der Waals surface area contributed by atoms with Gasteiger partial charge in [0.15, 0.2) is 0 Å². The van der Waals surface area contributed by atoms with E-state index in [1.165, 1.54) is 4.90 Å². The van der Waals surface area contributed by atoms with Crippen molar-refractivity contribution in [1.82, 2.24) is 10.2 Å². The highest BCUT2D eigenvalue weighted by Crippen LogP contribution is 2.08. The van der Waals surface area contributed by atoms with Crippen molar-refractivity contribution in [2.24, 2.45) is 5.92 Å². The van der Waals surface area contributed by atoms with E-state index in [1.54, 1.807) is 14.2 Å². The lowest BCUT2D eigenvalue weighted by Crippen LogP contribution is -2.50. The molecule has 2 N–H and O–H groups in total. The summed E-state index contributed by atoms with van der Waals surface area (Å²) >= 11 is 0. The molecule has 19 heavy (non-hydrogen) atoms. The van der Waals surface area contributed by atoms with Crippen LogP contribution < -0.4 is 5.32 Å². The highest BCUT2D eigenvalue weighted by Gasteiger charge is 2.24. The van der Waals surface area contributed by atoms with Gasteiger partial charge in [-0.25, -0.2) is 9.59 Å². The number of carboxylic acids is 1. The van der Waals surface area contributed by atoms with Crippen molar-refractivity contribution in [3.8, 4) is 0 Å². The van der Waals surface area contributed by atoms with E-state index in [4.69, 9.17) is 9.84 Å². The van der Waals surface area contributed by atoms with Crippen molar-refractivity contribution < 1.29 is 19.4 Å². The Labute approximate surface area is 115 Å². The van der Waals surface area contributed by atoms with Crippen molar-refractivity contribution in [2.75, 3.05) is 20.8 Å². The van der Waals surface area contributed by atoms with Crippen molar-refractivity contribution >= 4 is 12.0 Å². The van der Waals surface area contributed by atoms with E-state index in [9.17, 15) is 9.59 Å². The third-order valence-corrected chi connectivity index (χ3v) is 3.33. The molecular weight excluding hydrogens is 248 g/mol. The summed E-state index contributed by atoms with van der Waals surface area (Å²) in [7, 11) is 3.24. The molecule has 0 aliphatic heterocycles. The maximum absolute atomic E-state index is 12.0. The van der Waals surface area contributed by atoms with Gasteiger partial charge in [-0.1, -0.05) is 13.8 Å². The van der Waals surface area contributed by atoms with E-state index in [-0.39, 0.29) is 12.1 Å². The lowest BCUT2D eigenvalue weighted by Gasteiger charge is -2.29. The van der Waals surface area contributed by atoms with Crippen LogP contribution in [0.1, 0.15) is 33.6 Å². The number of carboxylic acid groups (broad SMARTS) is 1. The largest absolute Gasteiger partial charge is 0.480 e. The summed E-state index contributed by atoms with van der Waals surface area (Å²) in [6, 6.07) is -1.18. The molecule has 0 radical (unpaired) electrons. The second-order valence-corrected chi connectivity index (χ2v) is 5.07. The number of carbonyl (C=O) groups is 2. The summed E-state index contributed by atoms with van der Waals surface area (Å²) in [4.78, 5) is 24.6. The van der Waals surface area contributed by atoms with Gasteiger partial charge >= 0.3 is 12.0 Å². The number of methoxy groups -OCH3 is 1. The van der Waals surface area contributed by atoms with Gasteiger partial charge < -0.3 is 20.1 Å². The molecule has 0 aromatic heterocycles. The van der Waals surface area contributed by atoms with E-state index in [0.717, 1.165) is 0 Å². The third-order valence-electron chi connectivity index (χ3n) is 3.33. The molecule has 0 rings (SSSR count). The third kappa shape index (κ3) is 6.42. The van der Waals surface area contributed by atoms with E-state index in [1.807, 2.05) is 20.8 Å². The normalized spacial score (nSPS) is 14.0. The van der Waals surface area contributed by atoms with Gasteiger partial charge in [0, 0.05) is 26.8 Å². The maximum atomic E-state index is 12.0. The molecule has 0 aromatic rings. The van der Waals surface area contributed by atoms with Crippen LogP contribution in [-0.2, 0) is 9.53 Å². The number of ether oxygens (including phenoxy) is 1. The highest BCUT2D eigenvalue weighted by molar-refractivity contribution is 5.82. The van der Waals surface area contributed by atoms with Crippen LogP contribution in [0.3, 0.4) is 0 Å². The quantitative estimate of drug-likeness (QED) is 0.658. The van der Waals surface area contributed by atoms with Gasteiger partial charge in [0.2, 0.25) is 0 Å².